The van der Waals surface area contributed by atoms with E-state index in [1.807, 2.05) is 241 Å². The summed E-state index contributed by atoms with van der Waals surface area (Å²) in [4.78, 5) is 89.8. The molecule has 790 valence electrons. The van der Waals surface area contributed by atoms with E-state index in [0.29, 0.717) is 112 Å². The van der Waals surface area contributed by atoms with Gasteiger partial charge in [-0.3, -0.25) is 43.5 Å². The fraction of sp³-hybridized carbons (Fsp3) is 0.391. The molecular formula is C128H149N3O19. The molecule has 4 aliphatic heterocycles. The first-order valence-electron chi connectivity index (χ1n) is 52.6. The highest BCUT2D eigenvalue weighted by Gasteiger charge is 2.51. The number of ether oxygens (including phenoxy) is 10. The van der Waals surface area contributed by atoms with E-state index < -0.39 is 29.8 Å². The summed E-state index contributed by atoms with van der Waals surface area (Å²) in [6.07, 6.45) is 1.38. The zero-order valence-electron chi connectivity index (χ0n) is 90.0. The number of Topliss-reactive ketones (excluding diaryl/α,β-unsaturated/α-hetero) is 5. The number of aliphatic hydroxyl groups excluding tert-OH is 2. The molecule has 0 saturated carbocycles. The van der Waals surface area contributed by atoms with Crippen molar-refractivity contribution in [2.45, 2.75) is 208 Å². The maximum Gasteiger partial charge on any atom is 0.309 e. The monoisotopic (exact) mass is 2030 g/mol. The van der Waals surface area contributed by atoms with Gasteiger partial charge in [-0.05, 0) is 276 Å². The van der Waals surface area contributed by atoms with Crippen LogP contribution in [0.2, 0.25) is 0 Å². The number of aryl methyl sites for hydroxylation is 7. The molecule has 0 amide bonds. The van der Waals surface area contributed by atoms with Crippen molar-refractivity contribution in [3.8, 4) is 40.2 Å². The van der Waals surface area contributed by atoms with Crippen LogP contribution in [0.1, 0.15) is 245 Å². The van der Waals surface area contributed by atoms with E-state index in [1.54, 1.807) is 28.1 Å². The van der Waals surface area contributed by atoms with Crippen LogP contribution in [0.5, 0.6) is 40.2 Å². The molecule has 22 heteroatoms. The van der Waals surface area contributed by atoms with Crippen molar-refractivity contribution in [2.24, 2.45) is 17.8 Å². The van der Waals surface area contributed by atoms with Crippen LogP contribution in [-0.4, -0.2) is 183 Å². The summed E-state index contributed by atoms with van der Waals surface area (Å²) in [5.74, 6) is 1.53. The largest absolute Gasteiger partial charge is 0.496 e. The van der Waals surface area contributed by atoms with E-state index in [4.69, 9.17) is 47.4 Å². The first kappa shape index (κ1) is 112. The van der Waals surface area contributed by atoms with Gasteiger partial charge in [0.05, 0.1) is 91.1 Å². The van der Waals surface area contributed by atoms with Gasteiger partial charge in [-0.25, -0.2) is 0 Å². The molecule has 10 atom stereocenters. The zero-order chi connectivity index (χ0) is 107. The van der Waals surface area contributed by atoms with Gasteiger partial charge in [0, 0.05) is 115 Å². The quantitative estimate of drug-likeness (QED) is 0.0299. The first-order valence-corrected chi connectivity index (χ1v) is 52.6. The number of methoxy groups -OCH3 is 2. The minimum absolute atomic E-state index is 0.0355. The van der Waals surface area contributed by atoms with Crippen molar-refractivity contribution in [1.82, 2.24) is 14.7 Å². The van der Waals surface area contributed by atoms with E-state index >= 15 is 0 Å². The average Bonchev–Trinajstić information content (AvgIpc) is 1.63. The van der Waals surface area contributed by atoms with Crippen LogP contribution in [0.25, 0.3) is 0 Å². The molecule has 12 aromatic rings. The van der Waals surface area contributed by atoms with Gasteiger partial charge in [0.25, 0.3) is 0 Å². The second-order valence-corrected chi connectivity index (χ2v) is 41.1. The number of nitrogens with zero attached hydrogens (tertiary/aromatic N) is 3. The molecule has 150 heavy (non-hydrogen) atoms. The van der Waals surface area contributed by atoms with Gasteiger partial charge >= 0.3 is 5.97 Å². The van der Waals surface area contributed by atoms with E-state index in [1.165, 1.54) is 27.8 Å². The number of likely N-dealkylation sites (tertiary alicyclic amines) is 3. The van der Waals surface area contributed by atoms with Gasteiger partial charge in [-0.15, -0.1) is 0 Å². The molecule has 22 nitrogen and oxygen atoms in total. The summed E-state index contributed by atoms with van der Waals surface area (Å²) in [6, 6.07) is 87.3. The van der Waals surface area contributed by atoms with E-state index in [2.05, 4.69) is 130 Å². The number of carboxylic acids is 1. The molecule has 16 rings (SSSR count). The summed E-state index contributed by atoms with van der Waals surface area (Å²) < 4.78 is 56.9. The Labute approximate surface area is 885 Å². The van der Waals surface area contributed by atoms with E-state index in [0.717, 1.165) is 89.4 Å². The number of fused-ring (bicyclic) bond motifs is 1. The van der Waals surface area contributed by atoms with Gasteiger partial charge in [-0.1, -0.05) is 200 Å². The zero-order valence-corrected chi connectivity index (χ0v) is 90.0. The molecule has 3 N–H and O–H groups in total. The van der Waals surface area contributed by atoms with Crippen molar-refractivity contribution in [2.75, 3.05) is 99.9 Å². The van der Waals surface area contributed by atoms with Crippen LogP contribution < -0.4 is 33.2 Å². The fourth-order valence-electron chi connectivity index (χ4n) is 22.9. The average molecular weight is 2030 g/mol. The van der Waals surface area contributed by atoms with Crippen LogP contribution in [-0.2, 0) is 56.2 Å². The summed E-state index contributed by atoms with van der Waals surface area (Å²) >= 11 is 0. The molecular weight excluding hydrogens is 1880 g/mol. The van der Waals surface area contributed by atoms with Gasteiger partial charge in [0.15, 0.2) is 11.5 Å². The molecule has 12 aromatic carbocycles. The lowest BCUT2D eigenvalue weighted by atomic mass is 9.80. The third kappa shape index (κ3) is 28.3. The summed E-state index contributed by atoms with van der Waals surface area (Å²) in [5.41, 5.74) is 21.3. The second kappa shape index (κ2) is 53.4. The molecule has 0 bridgehead atoms. The van der Waals surface area contributed by atoms with Crippen molar-refractivity contribution in [3.05, 3.63) is 384 Å². The standard InChI is InChI=1S/C43H51NO7.C43H51NO6.C42H47NO6/c1-27(2)50-19-20-51-35-17-15-31(16-18-35)41-40(43(47)48)39(32-21-30(5)42(49-6)33(22-32)26-45)25-44(41)24-34(46)23-38(36-13-9-7-11-28(36)3)37-14-10-8-12-29(37)4;1-28(2)49-21-22-50-37-18-15-33(16-19-37)43-42(31(5)46)39(34-17-20-40(48-6)35(23-34)27-45)26-44(43)25-36(47)24-38(32-13-8-7-9-14-32)41-29(3)11-10-12-30(41)4;1-27(2)46-20-21-47-34-17-14-31(15-18-34)42-41(30(5)44)38(32-16-19-39-40(22-32)49-26-48-39)25-43(42)24-33(45)23-37(35-12-8-6-10-28(35)3)36-13-9-7-11-29(36)4/h7-18,21-22,27,38-41,45H,19-20,23-26H2,1-6H3,(H,47,48);7-20,23,28,38-39,42-43,45H,21-22,24-27H2,1-6H3;6-19,22,27,37-38,41-42H,20-21,23-26H2,1-5H3/t39-,40-,41+;38?,39-,42-,43+;38-,41-,42+/m111/s1. The lowest BCUT2D eigenvalue weighted by Gasteiger charge is -2.29. The minimum atomic E-state index is -0.942. The maximum atomic E-state index is 14.3. The third-order valence-corrected chi connectivity index (χ3v) is 29.8. The number of hydrogen-bond donors (Lipinski definition) is 3. The molecule has 0 aliphatic carbocycles. The Morgan fingerprint density at radius 2 is 0.693 bits per heavy atom. The van der Waals surface area contributed by atoms with Crippen LogP contribution in [0.4, 0.5) is 0 Å². The number of ketones is 5. The molecule has 3 fully saturated rings. The predicted octanol–water partition coefficient (Wildman–Crippen LogP) is 23.3. The van der Waals surface area contributed by atoms with E-state index in [-0.39, 0.29) is 141 Å². The molecule has 0 radical (unpaired) electrons. The molecule has 0 aromatic heterocycles. The highest BCUT2D eigenvalue weighted by atomic mass is 16.7. The summed E-state index contributed by atoms with van der Waals surface area (Å²) in [5, 5.41) is 31.1. The maximum absolute atomic E-state index is 14.3. The number of benzene rings is 12. The Kier molecular flexibility index (Phi) is 40.0. The number of aliphatic carboxylic acids is 1. The smallest absolute Gasteiger partial charge is 0.309 e. The SMILES string of the molecule is CC(=O)[C@@H]1[C@@H](c2ccc3c(c2)OCO3)CN(CC(=O)CC(c2ccccc2C)c2ccccc2C)[C@H]1c1ccc(OCCOC(C)C)cc1.COc1c(C)cc([C@H]2CN(CC(=O)CC(c3ccccc3C)c3ccccc3C)[C@@H](c3ccc(OCCOC(C)C)cc3)[C@@H]2C(=O)O)cc1CO.COc1ccc([C@H]2CN(CC(=O)CC(c3ccccc3)c3c(C)cccc3C)[C@@H](c3ccc(OCCOC(C)C)cc3)[C@@H]2C(C)=O)cc1CO. The Hall–Kier alpha value is -13.3. The number of carboxylic acid groups (broad SMARTS) is 1. The van der Waals surface area contributed by atoms with Crippen LogP contribution >= 0.6 is 0 Å². The highest BCUT2D eigenvalue weighted by molar-refractivity contribution is 5.86. The van der Waals surface area contributed by atoms with Crippen LogP contribution in [0.15, 0.2) is 267 Å². The summed E-state index contributed by atoms with van der Waals surface area (Å²) in [7, 11) is 3.14. The molecule has 0 spiro atoms. The molecule has 1 unspecified atom stereocenters. The lowest BCUT2D eigenvalue weighted by molar-refractivity contribution is -0.143. The van der Waals surface area contributed by atoms with Gasteiger partial charge in [-0.2, -0.15) is 0 Å². The van der Waals surface area contributed by atoms with Crippen LogP contribution in [0, 0.1) is 66.2 Å². The number of carbonyl (C=O) groups excluding carboxylic acids is 5. The lowest BCUT2D eigenvalue weighted by Crippen LogP contribution is -2.33. The third-order valence-electron chi connectivity index (χ3n) is 29.8. The second-order valence-electron chi connectivity index (χ2n) is 41.1. The van der Waals surface area contributed by atoms with E-state index in [9.17, 15) is 44.1 Å². The van der Waals surface area contributed by atoms with Crippen molar-refractivity contribution >= 4 is 34.9 Å². The Balaban J connectivity index is 0.000000177. The van der Waals surface area contributed by atoms with Crippen molar-refractivity contribution in [3.63, 3.8) is 0 Å². The Morgan fingerprint density at radius 3 is 1.07 bits per heavy atom. The molecule has 4 heterocycles. The van der Waals surface area contributed by atoms with Crippen molar-refractivity contribution < 1.29 is 91.5 Å². The number of aliphatic hydroxyl groups is 2. The summed E-state index contributed by atoms with van der Waals surface area (Å²) in [6.45, 7) is 34.2. The highest BCUT2D eigenvalue weighted by Crippen LogP contribution is 2.53. The van der Waals surface area contributed by atoms with Crippen molar-refractivity contribution in [1.29, 1.82) is 0 Å². The van der Waals surface area contributed by atoms with Crippen LogP contribution in [0.3, 0.4) is 0 Å². The fourth-order valence-corrected chi connectivity index (χ4v) is 22.9. The Bertz CT molecular complexity index is 6430. The molecule has 3 saturated heterocycles. The Morgan fingerprint density at radius 1 is 0.347 bits per heavy atom. The predicted molar refractivity (Wildman–Crippen MR) is 586 cm³/mol. The minimum Gasteiger partial charge on any atom is -0.496 e. The first-order chi connectivity index (χ1) is 72.3. The number of carbonyl (C=O) groups is 6. The topological polar surface area (TPSA) is 265 Å². The normalized spacial score (nSPS) is 18.2. The van der Waals surface area contributed by atoms with Gasteiger partial charge in [0.1, 0.15) is 77.5 Å². The number of hydrogen-bond acceptors (Lipinski definition) is 21. The molecule has 4 aliphatic rings. The van der Waals surface area contributed by atoms with Gasteiger partial charge in [0.2, 0.25) is 6.79 Å². The number of rotatable bonds is 46. The van der Waals surface area contributed by atoms with Gasteiger partial charge < -0.3 is 62.7 Å².